The Kier molecular flexibility index (Phi) is 2.31. The lowest BCUT2D eigenvalue weighted by atomic mass is 9.65. The molecule has 2 rings (SSSR count). The molecule has 0 saturated heterocycles. The van der Waals surface area contributed by atoms with Crippen LogP contribution in [0.25, 0.3) is 6.08 Å². The summed E-state index contributed by atoms with van der Waals surface area (Å²) in [6.45, 7) is 15.7. The van der Waals surface area contributed by atoms with Crippen molar-refractivity contribution in [2.24, 2.45) is 5.41 Å². The molecular weight excluding hydrogens is 192 g/mol. The van der Waals surface area contributed by atoms with Crippen LogP contribution >= 0.6 is 0 Å². The van der Waals surface area contributed by atoms with Gasteiger partial charge in [-0.1, -0.05) is 65.5 Å². The smallest absolute Gasteiger partial charge is 0.00437 e. The maximum absolute atomic E-state index is 3.86. The fourth-order valence-electron chi connectivity index (χ4n) is 2.90. The molecule has 1 unspecified atom stereocenters. The van der Waals surface area contributed by atoms with Gasteiger partial charge in [-0.15, -0.1) is 0 Å². The van der Waals surface area contributed by atoms with Crippen LogP contribution in [0.15, 0.2) is 24.8 Å². The Bertz CT molecular complexity index is 435. The Hall–Kier alpha value is -1.04. The highest BCUT2D eigenvalue weighted by atomic mass is 14.5. The van der Waals surface area contributed by atoms with Gasteiger partial charge in [0.1, 0.15) is 0 Å². The summed E-state index contributed by atoms with van der Waals surface area (Å²) in [6.07, 6.45) is 1.94. The molecule has 0 bridgehead atoms. The summed E-state index contributed by atoms with van der Waals surface area (Å²) in [7, 11) is 0. The van der Waals surface area contributed by atoms with E-state index in [-0.39, 0.29) is 5.41 Å². The van der Waals surface area contributed by atoms with Gasteiger partial charge < -0.3 is 0 Å². The maximum Gasteiger partial charge on any atom is -0.00437 e. The SMILES string of the molecule is C=Cc1ccc2c(c1)C(C)(C)C(C)(C)C2C. The van der Waals surface area contributed by atoms with Gasteiger partial charge in [0.25, 0.3) is 0 Å². The largest absolute Gasteiger partial charge is 0.0985 e. The van der Waals surface area contributed by atoms with Crippen molar-refractivity contribution in [2.45, 2.75) is 46.0 Å². The maximum atomic E-state index is 3.86. The fourth-order valence-corrected chi connectivity index (χ4v) is 2.90. The molecule has 1 aliphatic rings. The van der Waals surface area contributed by atoms with E-state index in [1.807, 2.05) is 6.08 Å². The highest BCUT2D eigenvalue weighted by Gasteiger charge is 2.49. The third-order valence-electron chi connectivity index (χ3n) is 5.15. The van der Waals surface area contributed by atoms with E-state index >= 15 is 0 Å². The van der Waals surface area contributed by atoms with E-state index < -0.39 is 0 Å². The van der Waals surface area contributed by atoms with Gasteiger partial charge in [0, 0.05) is 0 Å². The van der Waals surface area contributed by atoms with Gasteiger partial charge in [-0.25, -0.2) is 0 Å². The van der Waals surface area contributed by atoms with Crippen LogP contribution in [0.3, 0.4) is 0 Å². The highest BCUT2D eigenvalue weighted by molar-refractivity contribution is 5.55. The fraction of sp³-hybridized carbons (Fsp3) is 0.500. The minimum atomic E-state index is 0.237. The second-order valence-corrected chi connectivity index (χ2v) is 6.12. The summed E-state index contributed by atoms with van der Waals surface area (Å²) in [5.74, 6) is 0.622. The average Bonchev–Trinajstić information content (AvgIpc) is 2.38. The van der Waals surface area contributed by atoms with Crippen LogP contribution in [-0.4, -0.2) is 0 Å². The van der Waals surface area contributed by atoms with Crippen molar-refractivity contribution in [3.05, 3.63) is 41.5 Å². The van der Waals surface area contributed by atoms with Crippen molar-refractivity contribution >= 4 is 6.08 Å². The van der Waals surface area contributed by atoms with Gasteiger partial charge in [-0.05, 0) is 33.4 Å². The molecule has 1 aromatic rings. The predicted octanol–water partition coefficient (Wildman–Crippen LogP) is 4.75. The lowest BCUT2D eigenvalue weighted by Crippen LogP contribution is -2.33. The van der Waals surface area contributed by atoms with Crippen molar-refractivity contribution in [1.29, 1.82) is 0 Å². The van der Waals surface area contributed by atoms with E-state index in [4.69, 9.17) is 0 Å². The van der Waals surface area contributed by atoms with E-state index in [1.165, 1.54) is 16.7 Å². The first-order chi connectivity index (χ1) is 7.32. The molecule has 0 nitrogen and oxygen atoms in total. The summed E-state index contributed by atoms with van der Waals surface area (Å²) >= 11 is 0. The first-order valence-electron chi connectivity index (χ1n) is 6.09. The number of fused-ring (bicyclic) bond motifs is 1. The molecule has 0 heteroatoms. The van der Waals surface area contributed by atoms with Crippen LogP contribution in [0.5, 0.6) is 0 Å². The molecule has 0 aliphatic heterocycles. The molecule has 86 valence electrons. The standard InChI is InChI=1S/C16H22/c1-7-12-8-9-13-11(2)15(3,4)16(5,6)14(13)10-12/h7-11H,1H2,2-6H3. The molecule has 0 heterocycles. The highest BCUT2D eigenvalue weighted by Crippen LogP contribution is 2.58. The molecule has 1 atom stereocenters. The Morgan fingerprint density at radius 3 is 2.38 bits per heavy atom. The average molecular weight is 214 g/mol. The molecule has 1 aromatic carbocycles. The third kappa shape index (κ3) is 1.22. The molecule has 0 fully saturated rings. The number of hydrogen-bond donors (Lipinski definition) is 0. The predicted molar refractivity (Wildman–Crippen MR) is 71.8 cm³/mol. The Morgan fingerprint density at radius 1 is 1.19 bits per heavy atom. The molecule has 0 aromatic heterocycles. The zero-order valence-corrected chi connectivity index (χ0v) is 11.1. The van der Waals surface area contributed by atoms with E-state index in [0.29, 0.717) is 11.3 Å². The second-order valence-electron chi connectivity index (χ2n) is 6.12. The van der Waals surface area contributed by atoms with Gasteiger partial charge >= 0.3 is 0 Å². The Labute approximate surface area is 99.4 Å². The zero-order valence-electron chi connectivity index (χ0n) is 11.1. The van der Waals surface area contributed by atoms with Crippen molar-refractivity contribution in [2.75, 3.05) is 0 Å². The molecule has 0 radical (unpaired) electrons. The molecule has 0 spiro atoms. The Balaban J connectivity index is 2.68. The quantitative estimate of drug-likeness (QED) is 0.633. The third-order valence-corrected chi connectivity index (χ3v) is 5.15. The number of hydrogen-bond acceptors (Lipinski definition) is 0. The topological polar surface area (TPSA) is 0 Å². The van der Waals surface area contributed by atoms with Crippen LogP contribution in [0.2, 0.25) is 0 Å². The van der Waals surface area contributed by atoms with Crippen LogP contribution in [-0.2, 0) is 5.41 Å². The molecule has 16 heavy (non-hydrogen) atoms. The first kappa shape index (κ1) is 11.4. The van der Waals surface area contributed by atoms with Gasteiger partial charge in [0.05, 0.1) is 0 Å². The van der Waals surface area contributed by atoms with Crippen molar-refractivity contribution in [3.63, 3.8) is 0 Å². The zero-order chi connectivity index (χ0) is 12.1. The normalized spacial score (nSPS) is 25.2. The lowest BCUT2D eigenvalue weighted by Gasteiger charge is -2.38. The summed E-state index contributed by atoms with van der Waals surface area (Å²) in [6, 6.07) is 6.78. The Morgan fingerprint density at radius 2 is 1.81 bits per heavy atom. The van der Waals surface area contributed by atoms with E-state index in [2.05, 4.69) is 59.4 Å². The number of rotatable bonds is 1. The molecule has 0 amide bonds. The van der Waals surface area contributed by atoms with E-state index in [9.17, 15) is 0 Å². The minimum absolute atomic E-state index is 0.237. The number of benzene rings is 1. The van der Waals surface area contributed by atoms with Crippen molar-refractivity contribution in [1.82, 2.24) is 0 Å². The minimum Gasteiger partial charge on any atom is -0.0985 e. The van der Waals surface area contributed by atoms with Crippen molar-refractivity contribution in [3.8, 4) is 0 Å². The molecule has 0 N–H and O–H groups in total. The van der Waals surface area contributed by atoms with Gasteiger partial charge in [0.2, 0.25) is 0 Å². The molecular formula is C16H22. The summed E-state index contributed by atoms with van der Waals surface area (Å²) in [5.41, 5.74) is 4.80. The van der Waals surface area contributed by atoms with Crippen LogP contribution in [0.4, 0.5) is 0 Å². The van der Waals surface area contributed by atoms with Crippen LogP contribution < -0.4 is 0 Å². The van der Waals surface area contributed by atoms with Gasteiger partial charge in [0.15, 0.2) is 0 Å². The second kappa shape index (κ2) is 3.23. The van der Waals surface area contributed by atoms with Gasteiger partial charge in [-0.3, -0.25) is 0 Å². The van der Waals surface area contributed by atoms with E-state index in [1.54, 1.807) is 0 Å². The lowest BCUT2D eigenvalue weighted by molar-refractivity contribution is 0.190. The summed E-state index contributed by atoms with van der Waals surface area (Å²) in [5, 5.41) is 0. The van der Waals surface area contributed by atoms with Gasteiger partial charge in [-0.2, -0.15) is 0 Å². The van der Waals surface area contributed by atoms with Crippen LogP contribution in [0.1, 0.15) is 57.2 Å². The summed E-state index contributed by atoms with van der Waals surface area (Å²) < 4.78 is 0. The first-order valence-corrected chi connectivity index (χ1v) is 6.09. The summed E-state index contributed by atoms with van der Waals surface area (Å²) in [4.78, 5) is 0. The van der Waals surface area contributed by atoms with E-state index in [0.717, 1.165) is 0 Å². The van der Waals surface area contributed by atoms with Crippen LogP contribution in [0, 0.1) is 5.41 Å². The monoisotopic (exact) mass is 214 g/mol. The molecule has 1 aliphatic carbocycles. The van der Waals surface area contributed by atoms with Crippen molar-refractivity contribution < 1.29 is 0 Å². The molecule has 0 saturated carbocycles.